The smallest absolute Gasteiger partial charge is 0.126 e. The van der Waals surface area contributed by atoms with Crippen LogP contribution in [0, 0.1) is 13.8 Å². The van der Waals surface area contributed by atoms with E-state index in [-0.39, 0.29) is 0 Å². The Morgan fingerprint density at radius 1 is 1.14 bits per heavy atom. The summed E-state index contributed by atoms with van der Waals surface area (Å²) in [4.78, 5) is 2.30. The average Bonchev–Trinajstić information content (AvgIpc) is 2.80. The fourth-order valence-corrected chi connectivity index (χ4v) is 4.48. The monoisotopic (exact) mass is 299 g/mol. The topological polar surface area (TPSA) is 12.5 Å². The second-order valence-corrected chi connectivity index (χ2v) is 7.19. The number of ether oxygens (including phenoxy) is 1. The molecular weight excluding hydrogens is 270 g/mol. The Balaban J connectivity index is 2.13. The van der Waals surface area contributed by atoms with Crippen LogP contribution in [0.4, 0.5) is 0 Å². The number of allylic oxidation sites excluding steroid dienone is 2. The van der Waals surface area contributed by atoms with Gasteiger partial charge in [0.15, 0.2) is 0 Å². The molecule has 3 rings (SSSR count). The minimum absolute atomic E-state index is 0.571. The van der Waals surface area contributed by atoms with Crippen LogP contribution in [-0.4, -0.2) is 32.6 Å². The molecule has 0 spiro atoms. The number of nitrogens with zero attached hydrogens (tertiary/aromatic N) is 1. The van der Waals surface area contributed by atoms with Gasteiger partial charge in [0.2, 0.25) is 0 Å². The molecule has 0 fully saturated rings. The molecule has 0 saturated carbocycles. The molecule has 0 aromatic heterocycles. The van der Waals surface area contributed by atoms with E-state index in [9.17, 15) is 0 Å². The Morgan fingerprint density at radius 3 is 2.55 bits per heavy atom. The standard InChI is InChI=1S/C20H29NO/c1-13-12-14(2)20(22-5)19-17(10-11-21(3)4)15-8-6-7-9-16(15)18(13)19/h12,17H,6-11H2,1-5H3. The summed E-state index contributed by atoms with van der Waals surface area (Å²) in [5, 5.41) is 0. The van der Waals surface area contributed by atoms with Crippen LogP contribution < -0.4 is 4.74 Å². The van der Waals surface area contributed by atoms with E-state index in [1.165, 1.54) is 54.4 Å². The Bertz CT molecular complexity index is 613. The Labute approximate surface area is 135 Å². The molecule has 0 bridgehead atoms. The summed E-state index contributed by atoms with van der Waals surface area (Å²) >= 11 is 0. The van der Waals surface area contributed by atoms with Crippen LogP contribution >= 0.6 is 0 Å². The van der Waals surface area contributed by atoms with E-state index < -0.39 is 0 Å². The van der Waals surface area contributed by atoms with Crippen molar-refractivity contribution < 1.29 is 4.74 Å². The molecule has 2 aliphatic carbocycles. The van der Waals surface area contributed by atoms with E-state index in [0.29, 0.717) is 5.92 Å². The summed E-state index contributed by atoms with van der Waals surface area (Å²) in [6.07, 6.45) is 6.44. The SMILES string of the molecule is COc1c(C)cc(C)c2c1C(CCN(C)C)C1=C2CCCC1. The van der Waals surface area contributed by atoms with Crippen LogP contribution in [0.2, 0.25) is 0 Å². The first-order valence-corrected chi connectivity index (χ1v) is 8.59. The van der Waals surface area contributed by atoms with Crippen LogP contribution in [0.15, 0.2) is 11.6 Å². The van der Waals surface area contributed by atoms with Crippen LogP contribution in [0.5, 0.6) is 5.75 Å². The normalized spacial score (nSPS) is 20.4. The van der Waals surface area contributed by atoms with Crippen molar-refractivity contribution >= 4 is 5.57 Å². The summed E-state index contributed by atoms with van der Waals surface area (Å²) in [6, 6.07) is 2.31. The molecule has 120 valence electrons. The first-order chi connectivity index (χ1) is 10.5. The first-order valence-electron chi connectivity index (χ1n) is 8.59. The van der Waals surface area contributed by atoms with Gasteiger partial charge in [-0.3, -0.25) is 0 Å². The van der Waals surface area contributed by atoms with Crippen molar-refractivity contribution in [1.82, 2.24) is 4.90 Å². The lowest BCUT2D eigenvalue weighted by Gasteiger charge is -2.23. The maximum atomic E-state index is 5.85. The number of hydrogen-bond donors (Lipinski definition) is 0. The fraction of sp³-hybridized carbons (Fsp3) is 0.600. The van der Waals surface area contributed by atoms with Gasteiger partial charge in [-0.2, -0.15) is 0 Å². The van der Waals surface area contributed by atoms with Gasteiger partial charge in [-0.05, 0) is 88.9 Å². The Hall–Kier alpha value is -1.28. The highest BCUT2D eigenvalue weighted by Gasteiger charge is 2.36. The van der Waals surface area contributed by atoms with Gasteiger partial charge in [-0.1, -0.05) is 11.6 Å². The predicted octanol–water partition coefficient (Wildman–Crippen LogP) is 4.69. The third kappa shape index (κ3) is 2.48. The van der Waals surface area contributed by atoms with Gasteiger partial charge in [0.1, 0.15) is 5.75 Å². The molecule has 0 N–H and O–H groups in total. The molecule has 0 radical (unpaired) electrons. The lowest BCUT2D eigenvalue weighted by Crippen LogP contribution is -2.17. The first kappa shape index (κ1) is 15.6. The molecule has 0 heterocycles. The van der Waals surface area contributed by atoms with Crippen LogP contribution in [0.3, 0.4) is 0 Å². The van der Waals surface area contributed by atoms with E-state index in [1.807, 2.05) is 7.11 Å². The molecule has 0 saturated heterocycles. The maximum Gasteiger partial charge on any atom is 0.126 e. The van der Waals surface area contributed by atoms with Crippen molar-refractivity contribution in [3.8, 4) is 5.75 Å². The highest BCUT2D eigenvalue weighted by Crippen LogP contribution is 2.54. The molecule has 0 aliphatic heterocycles. The Kier molecular flexibility index (Phi) is 4.31. The van der Waals surface area contributed by atoms with Crippen molar-refractivity contribution in [2.75, 3.05) is 27.7 Å². The summed E-state index contributed by atoms with van der Waals surface area (Å²) in [6.45, 7) is 5.60. The highest BCUT2D eigenvalue weighted by atomic mass is 16.5. The number of rotatable bonds is 4. The largest absolute Gasteiger partial charge is 0.496 e. The maximum absolute atomic E-state index is 5.85. The van der Waals surface area contributed by atoms with Crippen LogP contribution in [0.25, 0.3) is 5.57 Å². The van der Waals surface area contributed by atoms with E-state index in [1.54, 1.807) is 11.1 Å². The number of methoxy groups -OCH3 is 1. The summed E-state index contributed by atoms with van der Waals surface area (Å²) in [5.41, 5.74) is 9.12. The van der Waals surface area contributed by atoms with Gasteiger partial charge in [-0.25, -0.2) is 0 Å². The van der Waals surface area contributed by atoms with Crippen molar-refractivity contribution in [3.05, 3.63) is 33.9 Å². The molecule has 22 heavy (non-hydrogen) atoms. The summed E-state index contributed by atoms with van der Waals surface area (Å²) < 4.78 is 5.85. The van der Waals surface area contributed by atoms with Gasteiger partial charge < -0.3 is 9.64 Å². The lowest BCUT2D eigenvalue weighted by molar-refractivity contribution is 0.377. The van der Waals surface area contributed by atoms with Gasteiger partial charge in [0.25, 0.3) is 0 Å². The van der Waals surface area contributed by atoms with Gasteiger partial charge >= 0.3 is 0 Å². The zero-order valence-corrected chi connectivity index (χ0v) is 14.8. The van der Waals surface area contributed by atoms with Crippen molar-refractivity contribution in [1.29, 1.82) is 0 Å². The zero-order valence-electron chi connectivity index (χ0n) is 14.8. The summed E-state index contributed by atoms with van der Waals surface area (Å²) in [7, 11) is 6.17. The highest BCUT2D eigenvalue weighted by molar-refractivity contribution is 5.83. The molecular formula is C20H29NO. The molecule has 1 aromatic carbocycles. The van der Waals surface area contributed by atoms with Crippen molar-refractivity contribution in [2.45, 2.75) is 51.9 Å². The minimum Gasteiger partial charge on any atom is -0.496 e. The second-order valence-electron chi connectivity index (χ2n) is 7.19. The molecule has 0 amide bonds. The molecule has 1 aromatic rings. The number of benzene rings is 1. The molecule has 1 unspecified atom stereocenters. The predicted molar refractivity (Wildman–Crippen MR) is 93.8 cm³/mol. The number of aryl methyl sites for hydroxylation is 2. The third-order valence-corrected chi connectivity index (χ3v) is 5.35. The van der Waals surface area contributed by atoms with Crippen LogP contribution in [-0.2, 0) is 0 Å². The molecule has 2 aliphatic rings. The third-order valence-electron chi connectivity index (χ3n) is 5.35. The summed E-state index contributed by atoms with van der Waals surface area (Å²) in [5.74, 6) is 1.71. The fourth-order valence-electron chi connectivity index (χ4n) is 4.48. The van der Waals surface area contributed by atoms with Gasteiger partial charge in [0, 0.05) is 11.5 Å². The van der Waals surface area contributed by atoms with Crippen molar-refractivity contribution in [2.24, 2.45) is 0 Å². The zero-order chi connectivity index (χ0) is 15.9. The quantitative estimate of drug-likeness (QED) is 0.800. The molecule has 2 heteroatoms. The molecule has 1 atom stereocenters. The number of hydrogen-bond acceptors (Lipinski definition) is 2. The van der Waals surface area contributed by atoms with E-state index in [0.717, 1.165) is 12.3 Å². The second kappa shape index (κ2) is 6.08. The van der Waals surface area contributed by atoms with E-state index >= 15 is 0 Å². The van der Waals surface area contributed by atoms with Gasteiger partial charge in [-0.15, -0.1) is 0 Å². The van der Waals surface area contributed by atoms with Gasteiger partial charge in [0.05, 0.1) is 7.11 Å². The van der Waals surface area contributed by atoms with Crippen LogP contribution in [0.1, 0.15) is 60.3 Å². The lowest BCUT2D eigenvalue weighted by atomic mass is 9.85. The van der Waals surface area contributed by atoms with E-state index in [2.05, 4.69) is 38.9 Å². The van der Waals surface area contributed by atoms with E-state index in [4.69, 9.17) is 4.74 Å². The minimum atomic E-state index is 0.571. The van der Waals surface area contributed by atoms with Crippen molar-refractivity contribution in [3.63, 3.8) is 0 Å². The molecule has 2 nitrogen and oxygen atoms in total. The number of fused-ring (bicyclic) bond motifs is 2. The average molecular weight is 299 g/mol. The Morgan fingerprint density at radius 2 is 1.86 bits per heavy atom.